The van der Waals surface area contributed by atoms with E-state index in [0.717, 1.165) is 25.3 Å². The van der Waals surface area contributed by atoms with Gasteiger partial charge in [-0.1, -0.05) is 12.1 Å². The topological polar surface area (TPSA) is 88.3 Å². The molecule has 3 heterocycles. The van der Waals surface area contributed by atoms with Crippen LogP contribution in [0.1, 0.15) is 31.2 Å². The number of piperidine rings is 1. The summed E-state index contributed by atoms with van der Waals surface area (Å²) in [6, 6.07) is 3.58. The first kappa shape index (κ1) is 16.8. The number of nitrogens with zero attached hydrogens (tertiary/aromatic N) is 3. The van der Waals surface area contributed by atoms with E-state index < -0.39 is 10.0 Å². The number of hydrogen-bond acceptors (Lipinski definition) is 6. The van der Waals surface area contributed by atoms with Crippen molar-refractivity contribution in [3.8, 4) is 0 Å². The predicted molar refractivity (Wildman–Crippen MR) is 91.6 cm³/mol. The number of hydrogen-bond donors (Lipinski definition) is 1. The van der Waals surface area contributed by atoms with Crippen molar-refractivity contribution >= 4 is 21.5 Å². The van der Waals surface area contributed by atoms with Crippen LogP contribution >= 0.6 is 0 Å². The maximum absolute atomic E-state index is 12.5. The number of anilines is 2. The zero-order valence-electron chi connectivity index (χ0n) is 14.1. The third-order valence-electron chi connectivity index (χ3n) is 4.22. The molecule has 1 unspecified atom stereocenters. The Kier molecular flexibility index (Phi) is 4.49. The van der Waals surface area contributed by atoms with Crippen LogP contribution in [0.2, 0.25) is 0 Å². The highest BCUT2D eigenvalue weighted by Crippen LogP contribution is 2.24. The van der Waals surface area contributed by atoms with Crippen molar-refractivity contribution in [2.75, 3.05) is 22.7 Å². The van der Waals surface area contributed by atoms with Crippen molar-refractivity contribution < 1.29 is 12.9 Å². The average molecular weight is 350 g/mol. The van der Waals surface area contributed by atoms with Crippen LogP contribution in [0, 0.1) is 19.8 Å². The number of sulfonamides is 1. The summed E-state index contributed by atoms with van der Waals surface area (Å²) >= 11 is 0. The van der Waals surface area contributed by atoms with Gasteiger partial charge in [0.2, 0.25) is 0 Å². The molecule has 1 saturated heterocycles. The van der Waals surface area contributed by atoms with Crippen molar-refractivity contribution in [2.45, 2.75) is 38.5 Å². The lowest BCUT2D eigenvalue weighted by Gasteiger charge is -2.31. The minimum Gasteiger partial charge on any atom is -0.360 e. The Labute approximate surface area is 142 Å². The zero-order valence-corrected chi connectivity index (χ0v) is 14.9. The van der Waals surface area contributed by atoms with Crippen LogP contribution in [-0.4, -0.2) is 31.6 Å². The highest BCUT2D eigenvalue weighted by Gasteiger charge is 2.24. The second-order valence-electron chi connectivity index (χ2n) is 6.36. The van der Waals surface area contributed by atoms with Gasteiger partial charge in [-0.15, -0.1) is 0 Å². The van der Waals surface area contributed by atoms with E-state index in [1.807, 2.05) is 6.07 Å². The standard InChI is InChI=1S/C16H22N4O3S/c1-11-5-4-8-20(10-11)15-7-6-14(9-17-15)19-24(21,22)16-12(2)18-23-13(16)3/h6-7,9,11,19H,4-5,8,10H2,1-3H3. The van der Waals surface area contributed by atoms with Crippen LogP contribution in [0.3, 0.4) is 0 Å². The summed E-state index contributed by atoms with van der Waals surface area (Å²) in [5.41, 5.74) is 0.760. The molecular formula is C16H22N4O3S. The first-order chi connectivity index (χ1) is 11.4. The molecular weight excluding hydrogens is 328 g/mol. The number of aromatic nitrogens is 2. The van der Waals surface area contributed by atoms with Gasteiger partial charge in [-0.3, -0.25) is 4.72 Å². The molecule has 0 bridgehead atoms. The van der Waals surface area contributed by atoms with Gasteiger partial charge in [0.05, 0.1) is 11.9 Å². The molecule has 0 radical (unpaired) electrons. The van der Waals surface area contributed by atoms with Crippen molar-refractivity contribution in [3.63, 3.8) is 0 Å². The van der Waals surface area contributed by atoms with Crippen LogP contribution < -0.4 is 9.62 Å². The first-order valence-corrected chi connectivity index (χ1v) is 9.52. The van der Waals surface area contributed by atoms with Gasteiger partial charge in [0.25, 0.3) is 10.0 Å². The maximum atomic E-state index is 12.5. The van der Waals surface area contributed by atoms with E-state index in [-0.39, 0.29) is 10.7 Å². The largest absolute Gasteiger partial charge is 0.360 e. The zero-order chi connectivity index (χ0) is 17.3. The SMILES string of the molecule is Cc1noc(C)c1S(=O)(=O)Nc1ccc(N2CCCC(C)C2)nc1. The molecule has 1 aliphatic rings. The van der Waals surface area contributed by atoms with Crippen molar-refractivity contribution in [2.24, 2.45) is 5.92 Å². The smallest absolute Gasteiger partial charge is 0.267 e. The fourth-order valence-electron chi connectivity index (χ4n) is 3.10. The molecule has 1 aliphatic heterocycles. The van der Waals surface area contributed by atoms with Crippen molar-refractivity contribution in [1.29, 1.82) is 0 Å². The Morgan fingerprint density at radius 3 is 2.71 bits per heavy atom. The van der Waals surface area contributed by atoms with Gasteiger partial charge in [0, 0.05) is 13.1 Å². The van der Waals surface area contributed by atoms with E-state index in [9.17, 15) is 8.42 Å². The van der Waals surface area contributed by atoms with Crippen molar-refractivity contribution in [1.82, 2.24) is 10.1 Å². The fraction of sp³-hybridized carbons (Fsp3) is 0.500. The first-order valence-electron chi connectivity index (χ1n) is 8.03. The van der Waals surface area contributed by atoms with Gasteiger partial charge < -0.3 is 9.42 Å². The molecule has 1 atom stereocenters. The van der Waals surface area contributed by atoms with Gasteiger partial charge in [-0.05, 0) is 44.7 Å². The molecule has 2 aromatic rings. The minimum absolute atomic E-state index is 0.0800. The lowest BCUT2D eigenvalue weighted by atomic mass is 10.0. The monoisotopic (exact) mass is 350 g/mol. The molecule has 0 aromatic carbocycles. The Bertz CT molecular complexity index is 795. The number of pyridine rings is 1. The molecule has 0 aliphatic carbocycles. The molecule has 2 aromatic heterocycles. The molecule has 3 rings (SSSR count). The predicted octanol–water partition coefficient (Wildman–Crippen LogP) is 2.72. The Hall–Kier alpha value is -2.09. The summed E-state index contributed by atoms with van der Waals surface area (Å²) in [6.45, 7) is 7.38. The van der Waals surface area contributed by atoms with E-state index in [0.29, 0.717) is 17.3 Å². The summed E-state index contributed by atoms with van der Waals surface area (Å²) in [6.07, 6.45) is 3.94. The molecule has 130 valence electrons. The Morgan fingerprint density at radius 2 is 2.12 bits per heavy atom. The summed E-state index contributed by atoms with van der Waals surface area (Å²) in [4.78, 5) is 6.72. The van der Waals surface area contributed by atoms with Gasteiger partial charge in [0.1, 0.15) is 11.5 Å². The molecule has 24 heavy (non-hydrogen) atoms. The van der Waals surface area contributed by atoms with E-state index in [2.05, 4.69) is 26.7 Å². The van der Waals surface area contributed by atoms with Crippen LogP contribution in [0.25, 0.3) is 0 Å². The van der Waals surface area contributed by atoms with E-state index in [4.69, 9.17) is 4.52 Å². The maximum Gasteiger partial charge on any atom is 0.267 e. The molecule has 0 saturated carbocycles. The summed E-state index contributed by atoms with van der Waals surface area (Å²) in [5.74, 6) is 1.80. The van der Waals surface area contributed by atoms with Gasteiger partial charge in [-0.2, -0.15) is 0 Å². The molecule has 0 spiro atoms. The third-order valence-corrected chi connectivity index (χ3v) is 5.84. The number of rotatable bonds is 4. The third kappa shape index (κ3) is 3.38. The summed E-state index contributed by atoms with van der Waals surface area (Å²) in [7, 11) is -3.74. The highest BCUT2D eigenvalue weighted by molar-refractivity contribution is 7.92. The second kappa shape index (κ2) is 6.43. The van der Waals surface area contributed by atoms with Gasteiger partial charge >= 0.3 is 0 Å². The van der Waals surface area contributed by atoms with Crippen LogP contribution in [0.15, 0.2) is 27.7 Å². The minimum atomic E-state index is -3.74. The second-order valence-corrected chi connectivity index (χ2v) is 7.98. The normalized spacial score (nSPS) is 18.6. The van der Waals surface area contributed by atoms with E-state index in [1.54, 1.807) is 26.1 Å². The molecule has 7 nitrogen and oxygen atoms in total. The Balaban J connectivity index is 1.77. The van der Waals surface area contributed by atoms with Crippen LogP contribution in [-0.2, 0) is 10.0 Å². The van der Waals surface area contributed by atoms with Crippen LogP contribution in [0.4, 0.5) is 11.5 Å². The molecule has 8 heteroatoms. The molecule has 1 N–H and O–H groups in total. The average Bonchev–Trinajstić information content (AvgIpc) is 2.87. The summed E-state index contributed by atoms with van der Waals surface area (Å²) in [5, 5.41) is 3.69. The quantitative estimate of drug-likeness (QED) is 0.912. The Morgan fingerprint density at radius 1 is 1.33 bits per heavy atom. The van der Waals surface area contributed by atoms with E-state index >= 15 is 0 Å². The molecule has 0 amide bonds. The lowest BCUT2D eigenvalue weighted by Crippen LogP contribution is -2.34. The van der Waals surface area contributed by atoms with E-state index in [1.165, 1.54) is 6.42 Å². The number of nitrogens with one attached hydrogen (secondary N) is 1. The highest BCUT2D eigenvalue weighted by atomic mass is 32.2. The number of aryl methyl sites for hydroxylation is 2. The van der Waals surface area contributed by atoms with Gasteiger partial charge in [-0.25, -0.2) is 13.4 Å². The lowest BCUT2D eigenvalue weighted by molar-refractivity contribution is 0.390. The van der Waals surface area contributed by atoms with Crippen molar-refractivity contribution in [3.05, 3.63) is 29.8 Å². The summed E-state index contributed by atoms with van der Waals surface area (Å²) < 4.78 is 32.4. The van der Waals surface area contributed by atoms with Gasteiger partial charge in [0.15, 0.2) is 10.7 Å². The fourth-order valence-corrected chi connectivity index (χ4v) is 4.47. The molecule has 1 fully saturated rings. The van der Waals surface area contributed by atoms with Crippen LogP contribution in [0.5, 0.6) is 0 Å².